The SMILES string of the molecule is [2H]c1c([2H])c([2H])c(-c2ccc3c4c([2H])c([2H])c([2H])c([2H])c4n(-c4ccccc4-c4nc(-c5ccccc5)nc(-c5ccccc5)n4)c3c2)c([2H])c1[2H]. The van der Waals surface area contributed by atoms with Crippen LogP contribution in [0.2, 0.25) is 0 Å². The average molecular weight is 560 g/mol. The van der Waals surface area contributed by atoms with Gasteiger partial charge >= 0.3 is 0 Å². The lowest BCUT2D eigenvalue weighted by molar-refractivity contribution is 1.06. The van der Waals surface area contributed by atoms with Crippen LogP contribution in [0.5, 0.6) is 0 Å². The lowest BCUT2D eigenvalue weighted by Crippen LogP contribution is -2.03. The number of rotatable bonds is 5. The first-order valence-electron chi connectivity index (χ1n) is 18.1. The Balaban J connectivity index is 1.48. The molecule has 0 atom stereocenters. The second kappa shape index (κ2) is 10.5. The molecule has 4 heteroatoms. The zero-order valence-corrected chi connectivity index (χ0v) is 22.6. The predicted molar refractivity (Wildman–Crippen MR) is 176 cm³/mol. The number of fused-ring (bicyclic) bond motifs is 3. The maximum atomic E-state index is 9.10. The smallest absolute Gasteiger partial charge is 0.166 e. The van der Waals surface area contributed by atoms with Crippen LogP contribution in [-0.2, 0) is 0 Å². The van der Waals surface area contributed by atoms with Gasteiger partial charge in [0.25, 0.3) is 0 Å². The second-order valence-electron chi connectivity index (χ2n) is 9.85. The Labute approximate surface area is 262 Å². The highest BCUT2D eigenvalue weighted by Gasteiger charge is 2.19. The van der Waals surface area contributed by atoms with E-state index in [0.717, 1.165) is 11.1 Å². The Kier molecular flexibility index (Phi) is 4.20. The van der Waals surface area contributed by atoms with E-state index in [1.807, 2.05) is 72.8 Å². The van der Waals surface area contributed by atoms with Crippen LogP contribution >= 0.6 is 0 Å². The summed E-state index contributed by atoms with van der Waals surface area (Å²) < 4.78 is 78.8. The number of para-hydroxylation sites is 2. The monoisotopic (exact) mass is 559 g/mol. The summed E-state index contributed by atoms with van der Waals surface area (Å²) in [4.78, 5) is 14.7. The number of nitrogens with zero attached hydrogens (tertiary/aromatic N) is 4. The third-order valence-corrected chi connectivity index (χ3v) is 7.27. The molecule has 6 aromatic carbocycles. The molecule has 0 aliphatic heterocycles. The van der Waals surface area contributed by atoms with Gasteiger partial charge in [0.2, 0.25) is 0 Å². The fraction of sp³-hybridized carbons (Fsp3) is 0. The molecule has 0 spiro atoms. The van der Waals surface area contributed by atoms with Crippen molar-refractivity contribution in [2.24, 2.45) is 0 Å². The highest BCUT2D eigenvalue weighted by atomic mass is 15.1. The van der Waals surface area contributed by atoms with Gasteiger partial charge in [-0.2, -0.15) is 0 Å². The standard InChI is InChI=1S/C39H26N4/c1-4-14-27(15-5-1)30-24-25-32-31-20-10-12-22-34(31)43(36(32)26-30)35-23-13-11-21-33(35)39-41-37(28-16-6-2-7-17-28)40-38(42-39)29-18-8-3-9-19-29/h1-26H/i1D,4D,5D,10D,12D,14D,15D,20D,22D. The average Bonchev–Trinajstić information content (AvgIpc) is 3.53. The predicted octanol–water partition coefficient (Wildman–Crippen LogP) is 9.64. The summed E-state index contributed by atoms with van der Waals surface area (Å²) in [5, 5.41) is 0.757. The topological polar surface area (TPSA) is 43.6 Å². The normalized spacial score (nSPS) is 14.2. The van der Waals surface area contributed by atoms with Crippen LogP contribution < -0.4 is 0 Å². The molecule has 0 radical (unpaired) electrons. The van der Waals surface area contributed by atoms with Gasteiger partial charge < -0.3 is 4.57 Å². The number of benzene rings is 6. The maximum Gasteiger partial charge on any atom is 0.166 e. The first kappa shape index (κ1) is 17.2. The van der Waals surface area contributed by atoms with Gasteiger partial charge in [0.1, 0.15) is 0 Å². The molecule has 0 aliphatic rings. The Morgan fingerprint density at radius 1 is 0.442 bits per heavy atom. The van der Waals surface area contributed by atoms with Gasteiger partial charge in [0, 0.05) is 27.5 Å². The van der Waals surface area contributed by atoms with E-state index < -0.39 is 30.2 Å². The fourth-order valence-corrected chi connectivity index (χ4v) is 5.30. The van der Waals surface area contributed by atoms with Crippen molar-refractivity contribution in [2.45, 2.75) is 0 Å². The molecule has 0 amide bonds. The third kappa shape index (κ3) is 4.46. The van der Waals surface area contributed by atoms with Gasteiger partial charge in [-0.15, -0.1) is 0 Å². The Hall–Kier alpha value is -5.87. The first-order chi connectivity index (χ1) is 25.1. The van der Waals surface area contributed by atoms with Crippen LogP contribution in [0.15, 0.2) is 158 Å². The molecule has 43 heavy (non-hydrogen) atoms. The first-order valence-corrected chi connectivity index (χ1v) is 13.6. The lowest BCUT2D eigenvalue weighted by atomic mass is 10.0. The van der Waals surface area contributed by atoms with Gasteiger partial charge in [0.15, 0.2) is 17.5 Å². The molecule has 4 nitrogen and oxygen atoms in total. The molecule has 0 saturated heterocycles. The zero-order chi connectivity index (χ0) is 36.4. The highest BCUT2D eigenvalue weighted by molar-refractivity contribution is 6.10. The van der Waals surface area contributed by atoms with Crippen molar-refractivity contribution in [1.29, 1.82) is 0 Å². The van der Waals surface area contributed by atoms with E-state index >= 15 is 0 Å². The van der Waals surface area contributed by atoms with Gasteiger partial charge in [-0.05, 0) is 35.4 Å². The van der Waals surface area contributed by atoms with Crippen molar-refractivity contribution in [3.63, 3.8) is 0 Å². The molecule has 0 saturated carbocycles. The quantitative estimate of drug-likeness (QED) is 0.211. The molecule has 202 valence electrons. The van der Waals surface area contributed by atoms with Crippen LogP contribution in [0.1, 0.15) is 12.3 Å². The molecule has 0 aliphatic carbocycles. The van der Waals surface area contributed by atoms with Crippen LogP contribution in [0.4, 0.5) is 0 Å². The minimum absolute atomic E-state index is 0.00461. The van der Waals surface area contributed by atoms with Crippen molar-refractivity contribution in [2.75, 3.05) is 0 Å². The minimum Gasteiger partial charge on any atom is -0.308 e. The molecule has 0 N–H and O–H groups in total. The summed E-state index contributed by atoms with van der Waals surface area (Å²) in [5.41, 5.74) is 3.53. The third-order valence-electron chi connectivity index (χ3n) is 7.27. The number of hydrogen-bond donors (Lipinski definition) is 0. The van der Waals surface area contributed by atoms with E-state index in [4.69, 9.17) is 27.3 Å². The van der Waals surface area contributed by atoms with Crippen LogP contribution in [0, 0.1) is 0 Å². The van der Waals surface area contributed by atoms with Crippen molar-refractivity contribution in [3.05, 3.63) is 158 Å². The molecule has 2 aromatic heterocycles. The Morgan fingerprint density at radius 3 is 1.77 bits per heavy atom. The van der Waals surface area contributed by atoms with E-state index in [1.165, 1.54) is 0 Å². The summed E-state index contributed by atoms with van der Waals surface area (Å²) in [6.45, 7) is 0. The van der Waals surface area contributed by atoms with Crippen LogP contribution in [0.25, 0.3) is 72.8 Å². The van der Waals surface area contributed by atoms with Crippen molar-refractivity contribution >= 4 is 21.8 Å². The van der Waals surface area contributed by atoms with Gasteiger partial charge in [-0.25, -0.2) is 15.0 Å². The molecule has 8 rings (SSSR count). The van der Waals surface area contributed by atoms with Crippen LogP contribution in [-0.4, -0.2) is 19.5 Å². The molecule has 0 fully saturated rings. The summed E-state index contributed by atoms with van der Waals surface area (Å²) >= 11 is 0. The molecule has 8 aromatic rings. The summed E-state index contributed by atoms with van der Waals surface area (Å²) in [7, 11) is 0. The summed E-state index contributed by atoms with van der Waals surface area (Å²) in [6, 6.07) is 27.7. The molecule has 2 heterocycles. The second-order valence-corrected chi connectivity index (χ2v) is 9.85. The van der Waals surface area contributed by atoms with E-state index in [-0.39, 0.29) is 40.6 Å². The van der Waals surface area contributed by atoms with E-state index in [1.54, 1.807) is 34.9 Å². The van der Waals surface area contributed by atoms with Gasteiger partial charge in [0.05, 0.1) is 29.1 Å². The van der Waals surface area contributed by atoms with Crippen molar-refractivity contribution < 1.29 is 12.3 Å². The van der Waals surface area contributed by atoms with Gasteiger partial charge in [-0.1, -0.05) is 133 Å². The van der Waals surface area contributed by atoms with E-state index in [0.29, 0.717) is 45.2 Å². The largest absolute Gasteiger partial charge is 0.308 e. The van der Waals surface area contributed by atoms with Gasteiger partial charge in [-0.3, -0.25) is 0 Å². The van der Waals surface area contributed by atoms with Crippen molar-refractivity contribution in [1.82, 2.24) is 19.5 Å². The molecule has 0 unspecified atom stereocenters. The number of aromatic nitrogens is 4. The molecular formula is C39H26N4. The zero-order valence-electron chi connectivity index (χ0n) is 31.6. The van der Waals surface area contributed by atoms with Crippen molar-refractivity contribution in [3.8, 4) is 51.0 Å². The van der Waals surface area contributed by atoms with Crippen LogP contribution in [0.3, 0.4) is 0 Å². The Bertz CT molecular complexity index is 2650. The molecule has 0 bridgehead atoms. The van der Waals surface area contributed by atoms with E-state index in [2.05, 4.69) is 0 Å². The molecular weight excluding hydrogens is 524 g/mol. The maximum absolute atomic E-state index is 9.10. The highest BCUT2D eigenvalue weighted by Crippen LogP contribution is 2.37. The Morgan fingerprint density at radius 2 is 1.05 bits per heavy atom. The van der Waals surface area contributed by atoms with E-state index in [9.17, 15) is 0 Å². The minimum atomic E-state index is -0.506. The fourth-order valence-electron chi connectivity index (χ4n) is 5.30. The summed E-state index contributed by atoms with van der Waals surface area (Å²) in [6.07, 6.45) is 0. The number of hydrogen-bond acceptors (Lipinski definition) is 3. The lowest BCUT2D eigenvalue weighted by Gasteiger charge is -2.15. The summed E-state index contributed by atoms with van der Waals surface area (Å²) in [5.74, 6) is 1.19.